The number of hydrogen-bond acceptors (Lipinski definition) is 3. The zero-order chi connectivity index (χ0) is 14.2. The van der Waals surface area contributed by atoms with Crippen LogP contribution in [0, 0.1) is 0 Å². The van der Waals surface area contributed by atoms with Gasteiger partial charge in [0.2, 0.25) is 0 Å². The highest BCUT2D eigenvalue weighted by Gasteiger charge is 2.33. The standard InChI is InChI=1S/C12H11F3N2O2/c1-19-11(18)10(16)9-5-6-7(12(13,14)15)3-2-4-8(6)17-9/h2-5,10,17H,16H2,1H3. The fraction of sp³-hybridized carbons (Fsp3) is 0.250. The number of ether oxygens (including phenoxy) is 1. The molecule has 1 aromatic heterocycles. The molecular formula is C12H11F3N2O2. The molecule has 0 radical (unpaired) electrons. The predicted octanol–water partition coefficient (Wildman–Crippen LogP) is 2.36. The quantitative estimate of drug-likeness (QED) is 0.825. The van der Waals surface area contributed by atoms with Crippen molar-refractivity contribution in [2.45, 2.75) is 12.2 Å². The monoisotopic (exact) mass is 272 g/mol. The van der Waals surface area contributed by atoms with Crippen LogP contribution in [-0.2, 0) is 15.7 Å². The van der Waals surface area contributed by atoms with Crippen molar-refractivity contribution in [2.24, 2.45) is 5.73 Å². The fourth-order valence-corrected chi connectivity index (χ4v) is 1.85. The molecule has 2 aromatic rings. The maximum Gasteiger partial charge on any atom is 0.417 e. The number of fused-ring (bicyclic) bond motifs is 1. The summed E-state index contributed by atoms with van der Waals surface area (Å²) in [5.41, 5.74) is 5.26. The molecule has 102 valence electrons. The molecule has 1 unspecified atom stereocenters. The summed E-state index contributed by atoms with van der Waals surface area (Å²) in [4.78, 5) is 14.0. The van der Waals surface area contributed by atoms with E-state index >= 15 is 0 Å². The summed E-state index contributed by atoms with van der Waals surface area (Å²) in [5, 5.41) is -0.0237. The highest BCUT2D eigenvalue weighted by atomic mass is 19.4. The minimum atomic E-state index is -4.46. The maximum absolute atomic E-state index is 12.8. The molecule has 0 bridgehead atoms. The second-order valence-corrected chi connectivity index (χ2v) is 3.99. The molecule has 1 aromatic carbocycles. The Morgan fingerprint density at radius 2 is 2.11 bits per heavy atom. The number of carbonyl (C=O) groups is 1. The normalized spacial score (nSPS) is 13.5. The molecule has 0 saturated heterocycles. The third-order valence-corrected chi connectivity index (χ3v) is 2.78. The van der Waals surface area contributed by atoms with E-state index in [9.17, 15) is 18.0 Å². The first-order valence-corrected chi connectivity index (χ1v) is 5.37. The van der Waals surface area contributed by atoms with E-state index in [-0.39, 0.29) is 16.6 Å². The van der Waals surface area contributed by atoms with Crippen LogP contribution >= 0.6 is 0 Å². The number of benzene rings is 1. The molecule has 0 fully saturated rings. The second kappa shape index (κ2) is 4.58. The molecular weight excluding hydrogens is 261 g/mol. The van der Waals surface area contributed by atoms with Crippen LogP contribution in [-0.4, -0.2) is 18.1 Å². The topological polar surface area (TPSA) is 68.1 Å². The zero-order valence-electron chi connectivity index (χ0n) is 9.91. The Kier molecular flexibility index (Phi) is 3.23. The van der Waals surface area contributed by atoms with Gasteiger partial charge in [-0.1, -0.05) is 6.07 Å². The molecule has 0 aliphatic rings. The number of esters is 1. The number of hydrogen-bond donors (Lipinski definition) is 2. The highest BCUT2D eigenvalue weighted by molar-refractivity contribution is 5.87. The molecule has 7 heteroatoms. The Labute approximate surface area is 106 Å². The van der Waals surface area contributed by atoms with E-state index in [1.807, 2.05) is 0 Å². The Morgan fingerprint density at radius 3 is 2.68 bits per heavy atom. The first-order valence-electron chi connectivity index (χ1n) is 5.37. The lowest BCUT2D eigenvalue weighted by atomic mass is 10.1. The number of halogens is 3. The molecule has 0 spiro atoms. The van der Waals surface area contributed by atoms with E-state index in [1.54, 1.807) is 0 Å². The summed E-state index contributed by atoms with van der Waals surface area (Å²) < 4.78 is 42.9. The number of aromatic amines is 1. The van der Waals surface area contributed by atoms with Crippen molar-refractivity contribution in [3.05, 3.63) is 35.5 Å². The number of carbonyl (C=O) groups excluding carboxylic acids is 1. The first kappa shape index (κ1) is 13.4. The average Bonchev–Trinajstić information content (AvgIpc) is 2.78. The van der Waals surface area contributed by atoms with Gasteiger partial charge in [0.25, 0.3) is 0 Å². The minimum Gasteiger partial charge on any atom is -0.468 e. The summed E-state index contributed by atoms with van der Waals surface area (Å²) in [6.45, 7) is 0. The lowest BCUT2D eigenvalue weighted by Crippen LogP contribution is -2.22. The summed E-state index contributed by atoms with van der Waals surface area (Å²) >= 11 is 0. The summed E-state index contributed by atoms with van der Waals surface area (Å²) in [5.74, 6) is -0.722. The van der Waals surface area contributed by atoms with Gasteiger partial charge in [-0.2, -0.15) is 13.2 Å². The Morgan fingerprint density at radius 1 is 1.42 bits per heavy atom. The van der Waals surface area contributed by atoms with Gasteiger partial charge in [-0.15, -0.1) is 0 Å². The number of methoxy groups -OCH3 is 1. The molecule has 0 aliphatic heterocycles. The van der Waals surface area contributed by atoms with Crippen LogP contribution in [0.4, 0.5) is 13.2 Å². The lowest BCUT2D eigenvalue weighted by Gasteiger charge is -2.07. The number of aromatic nitrogens is 1. The SMILES string of the molecule is COC(=O)C(N)c1cc2c(C(F)(F)F)cccc2[nH]1. The molecule has 0 aliphatic carbocycles. The van der Waals surface area contributed by atoms with E-state index in [0.29, 0.717) is 0 Å². The van der Waals surface area contributed by atoms with Crippen LogP contribution in [0.5, 0.6) is 0 Å². The van der Waals surface area contributed by atoms with E-state index in [2.05, 4.69) is 9.72 Å². The van der Waals surface area contributed by atoms with Crippen LogP contribution in [0.2, 0.25) is 0 Å². The second-order valence-electron chi connectivity index (χ2n) is 3.99. The van der Waals surface area contributed by atoms with E-state index < -0.39 is 23.8 Å². The van der Waals surface area contributed by atoms with Gasteiger partial charge in [-0.3, -0.25) is 0 Å². The molecule has 0 saturated carbocycles. The molecule has 3 N–H and O–H groups in total. The molecule has 1 heterocycles. The van der Waals surface area contributed by atoms with Gasteiger partial charge in [-0.05, 0) is 18.2 Å². The Balaban J connectivity index is 2.55. The van der Waals surface area contributed by atoms with Gasteiger partial charge in [0.1, 0.15) is 6.04 Å². The van der Waals surface area contributed by atoms with Crippen molar-refractivity contribution in [3.8, 4) is 0 Å². The van der Waals surface area contributed by atoms with Gasteiger partial charge in [-0.25, -0.2) is 4.79 Å². The zero-order valence-corrected chi connectivity index (χ0v) is 9.91. The van der Waals surface area contributed by atoms with E-state index in [1.165, 1.54) is 18.2 Å². The fourth-order valence-electron chi connectivity index (χ4n) is 1.85. The highest BCUT2D eigenvalue weighted by Crippen LogP contribution is 2.35. The molecule has 4 nitrogen and oxygen atoms in total. The number of nitrogens with two attached hydrogens (primary N) is 1. The number of H-pyrrole nitrogens is 1. The Hall–Kier alpha value is -2.02. The molecule has 1 atom stereocenters. The van der Waals surface area contributed by atoms with Crippen molar-refractivity contribution >= 4 is 16.9 Å². The summed E-state index contributed by atoms with van der Waals surface area (Å²) in [6.07, 6.45) is -4.46. The largest absolute Gasteiger partial charge is 0.468 e. The van der Waals surface area contributed by atoms with Crippen LogP contribution < -0.4 is 5.73 Å². The van der Waals surface area contributed by atoms with Crippen molar-refractivity contribution < 1.29 is 22.7 Å². The summed E-state index contributed by atoms with van der Waals surface area (Å²) in [7, 11) is 1.16. The average molecular weight is 272 g/mol. The van der Waals surface area contributed by atoms with Crippen LogP contribution in [0.15, 0.2) is 24.3 Å². The predicted molar refractivity (Wildman–Crippen MR) is 62.2 cm³/mol. The van der Waals surface area contributed by atoms with Crippen molar-refractivity contribution in [2.75, 3.05) is 7.11 Å². The smallest absolute Gasteiger partial charge is 0.417 e. The lowest BCUT2D eigenvalue weighted by molar-refractivity contribution is -0.142. The van der Waals surface area contributed by atoms with Gasteiger partial charge >= 0.3 is 12.1 Å². The third kappa shape index (κ3) is 2.41. The number of rotatable bonds is 2. The first-order chi connectivity index (χ1) is 8.84. The molecule has 2 rings (SSSR count). The van der Waals surface area contributed by atoms with Crippen molar-refractivity contribution in [1.82, 2.24) is 4.98 Å². The van der Waals surface area contributed by atoms with Gasteiger partial charge in [0, 0.05) is 16.6 Å². The maximum atomic E-state index is 12.8. The molecule has 0 amide bonds. The number of alkyl halides is 3. The van der Waals surface area contributed by atoms with E-state index in [0.717, 1.165) is 13.2 Å². The van der Waals surface area contributed by atoms with Crippen LogP contribution in [0.1, 0.15) is 17.3 Å². The van der Waals surface area contributed by atoms with Gasteiger partial charge < -0.3 is 15.5 Å². The van der Waals surface area contributed by atoms with E-state index in [4.69, 9.17) is 5.73 Å². The Bertz CT molecular complexity index is 619. The van der Waals surface area contributed by atoms with Gasteiger partial charge in [0.05, 0.1) is 12.7 Å². The van der Waals surface area contributed by atoms with Crippen LogP contribution in [0.3, 0.4) is 0 Å². The number of nitrogens with one attached hydrogen (secondary N) is 1. The third-order valence-electron chi connectivity index (χ3n) is 2.78. The van der Waals surface area contributed by atoms with Gasteiger partial charge in [0.15, 0.2) is 0 Å². The van der Waals surface area contributed by atoms with Crippen LogP contribution in [0.25, 0.3) is 10.9 Å². The van der Waals surface area contributed by atoms with Crippen molar-refractivity contribution in [1.29, 1.82) is 0 Å². The van der Waals surface area contributed by atoms with Crippen molar-refractivity contribution in [3.63, 3.8) is 0 Å². The summed E-state index contributed by atoms with van der Waals surface area (Å²) in [6, 6.07) is 3.83. The molecule has 19 heavy (non-hydrogen) atoms. The minimum absolute atomic E-state index is 0.0237.